The molecule has 4 N–H and O–H groups in total. The van der Waals surface area contributed by atoms with Gasteiger partial charge in [-0.15, -0.1) is 0 Å². The Hall–Kier alpha value is -1.69. The number of nitrogens with one attached hydrogen (secondary N) is 2. The molecule has 0 spiro atoms. The van der Waals surface area contributed by atoms with E-state index in [9.17, 15) is 9.18 Å². The van der Waals surface area contributed by atoms with Gasteiger partial charge in [0.1, 0.15) is 16.8 Å². The molecular formula is C13H16FN3OS. The molecule has 0 heterocycles. The standard InChI is InChI=1S/C13H16FN3OS/c1-7(13(18)17-8-5-6-8)16-10-4-2-3-9(14)11(10)12(15)19/h2-4,7-8,16H,5-6H2,1H3,(H2,15,19)(H,17,18). The van der Waals surface area contributed by atoms with Gasteiger partial charge in [0.15, 0.2) is 0 Å². The van der Waals surface area contributed by atoms with Gasteiger partial charge in [0, 0.05) is 11.7 Å². The van der Waals surface area contributed by atoms with Crippen molar-refractivity contribution in [2.24, 2.45) is 5.73 Å². The average Bonchev–Trinajstić information content (AvgIpc) is 3.12. The van der Waals surface area contributed by atoms with Crippen LogP contribution in [0, 0.1) is 5.82 Å². The van der Waals surface area contributed by atoms with Gasteiger partial charge in [-0.1, -0.05) is 18.3 Å². The minimum Gasteiger partial charge on any atom is -0.389 e. The van der Waals surface area contributed by atoms with E-state index in [2.05, 4.69) is 10.6 Å². The smallest absolute Gasteiger partial charge is 0.242 e. The highest BCUT2D eigenvalue weighted by atomic mass is 32.1. The normalized spacial score (nSPS) is 15.7. The molecule has 0 radical (unpaired) electrons. The fourth-order valence-electron chi connectivity index (χ4n) is 1.75. The Balaban J connectivity index is 2.11. The summed E-state index contributed by atoms with van der Waals surface area (Å²) in [7, 11) is 0. The van der Waals surface area contributed by atoms with Crippen LogP contribution in [0.15, 0.2) is 18.2 Å². The van der Waals surface area contributed by atoms with Crippen LogP contribution in [0.1, 0.15) is 25.3 Å². The van der Waals surface area contributed by atoms with Crippen molar-refractivity contribution >= 4 is 28.8 Å². The number of amides is 1. The molecule has 1 aromatic rings. The third kappa shape index (κ3) is 3.41. The first-order chi connectivity index (χ1) is 8.99. The number of halogens is 1. The maximum atomic E-state index is 13.7. The molecule has 19 heavy (non-hydrogen) atoms. The van der Waals surface area contributed by atoms with Crippen LogP contribution < -0.4 is 16.4 Å². The number of nitrogens with two attached hydrogens (primary N) is 1. The highest BCUT2D eigenvalue weighted by molar-refractivity contribution is 7.80. The van der Waals surface area contributed by atoms with Crippen LogP contribution in [0.25, 0.3) is 0 Å². The Labute approximate surface area is 116 Å². The molecule has 1 aliphatic rings. The molecule has 0 saturated heterocycles. The van der Waals surface area contributed by atoms with Crippen LogP contribution in [0.3, 0.4) is 0 Å². The predicted molar refractivity (Wildman–Crippen MR) is 76.5 cm³/mol. The number of carbonyl (C=O) groups is 1. The van der Waals surface area contributed by atoms with Crippen LogP contribution in [0.2, 0.25) is 0 Å². The van der Waals surface area contributed by atoms with Gasteiger partial charge in [-0.05, 0) is 31.9 Å². The van der Waals surface area contributed by atoms with Gasteiger partial charge in [0.2, 0.25) is 5.91 Å². The van der Waals surface area contributed by atoms with E-state index in [0.29, 0.717) is 11.7 Å². The lowest BCUT2D eigenvalue weighted by Crippen LogP contribution is -2.39. The Kier molecular flexibility index (Phi) is 3.99. The zero-order valence-corrected chi connectivity index (χ0v) is 11.4. The van der Waals surface area contributed by atoms with Crippen LogP contribution in [0.5, 0.6) is 0 Å². The predicted octanol–water partition coefficient (Wildman–Crippen LogP) is 1.54. The monoisotopic (exact) mass is 281 g/mol. The van der Waals surface area contributed by atoms with Crippen molar-refractivity contribution in [3.8, 4) is 0 Å². The molecule has 1 atom stereocenters. The van der Waals surface area contributed by atoms with Crippen LogP contribution in [-0.2, 0) is 4.79 Å². The molecule has 0 aliphatic heterocycles. The SMILES string of the molecule is CC(Nc1cccc(F)c1C(N)=S)C(=O)NC1CC1. The number of carbonyl (C=O) groups excluding carboxylic acids is 1. The van der Waals surface area contributed by atoms with E-state index in [1.54, 1.807) is 19.1 Å². The van der Waals surface area contributed by atoms with Gasteiger partial charge in [-0.25, -0.2) is 4.39 Å². The fraction of sp³-hybridized carbons (Fsp3) is 0.385. The zero-order valence-electron chi connectivity index (χ0n) is 10.6. The van der Waals surface area contributed by atoms with Crippen molar-refractivity contribution < 1.29 is 9.18 Å². The van der Waals surface area contributed by atoms with Crippen LogP contribution in [-0.4, -0.2) is 23.0 Å². The number of hydrogen-bond acceptors (Lipinski definition) is 3. The summed E-state index contributed by atoms with van der Waals surface area (Å²) in [6.45, 7) is 1.71. The van der Waals surface area contributed by atoms with Crippen molar-refractivity contribution in [1.82, 2.24) is 5.32 Å². The van der Waals surface area contributed by atoms with Gasteiger partial charge in [0.05, 0.1) is 5.56 Å². The molecule has 1 unspecified atom stereocenters. The Morgan fingerprint density at radius 3 is 2.79 bits per heavy atom. The Bertz CT molecular complexity index is 517. The molecule has 0 aromatic heterocycles. The molecular weight excluding hydrogens is 265 g/mol. The number of benzene rings is 1. The van der Waals surface area contributed by atoms with Crippen LogP contribution >= 0.6 is 12.2 Å². The largest absolute Gasteiger partial charge is 0.389 e. The highest BCUT2D eigenvalue weighted by Crippen LogP contribution is 2.21. The molecule has 6 heteroatoms. The number of rotatable bonds is 5. The zero-order chi connectivity index (χ0) is 14.0. The van der Waals surface area contributed by atoms with Crippen molar-refractivity contribution in [3.63, 3.8) is 0 Å². The van der Waals surface area contributed by atoms with Gasteiger partial charge in [-0.2, -0.15) is 0 Å². The van der Waals surface area contributed by atoms with Crippen molar-refractivity contribution in [1.29, 1.82) is 0 Å². The molecule has 4 nitrogen and oxygen atoms in total. The first kappa shape index (κ1) is 13.7. The molecule has 0 bridgehead atoms. The number of hydrogen-bond donors (Lipinski definition) is 3. The molecule has 1 aliphatic carbocycles. The third-order valence-corrected chi connectivity index (χ3v) is 3.15. The summed E-state index contributed by atoms with van der Waals surface area (Å²) < 4.78 is 13.7. The summed E-state index contributed by atoms with van der Waals surface area (Å²) in [6.07, 6.45) is 2.05. The van der Waals surface area contributed by atoms with E-state index >= 15 is 0 Å². The second kappa shape index (κ2) is 5.52. The maximum absolute atomic E-state index is 13.7. The van der Waals surface area contributed by atoms with Gasteiger partial charge >= 0.3 is 0 Å². The van der Waals surface area contributed by atoms with Crippen LogP contribution in [0.4, 0.5) is 10.1 Å². The number of thiocarbonyl (C=S) groups is 1. The first-order valence-corrected chi connectivity index (χ1v) is 6.55. The van der Waals surface area contributed by atoms with E-state index < -0.39 is 11.9 Å². The maximum Gasteiger partial charge on any atom is 0.242 e. The van der Waals surface area contributed by atoms with Gasteiger partial charge in [0.25, 0.3) is 0 Å². The lowest BCUT2D eigenvalue weighted by Gasteiger charge is -2.17. The van der Waals surface area contributed by atoms with E-state index in [4.69, 9.17) is 18.0 Å². The van der Waals surface area contributed by atoms with Crippen molar-refractivity contribution in [2.75, 3.05) is 5.32 Å². The summed E-state index contributed by atoms with van der Waals surface area (Å²) in [5, 5.41) is 5.82. The van der Waals surface area contributed by atoms with E-state index in [-0.39, 0.29) is 16.5 Å². The van der Waals surface area contributed by atoms with Crippen molar-refractivity contribution in [2.45, 2.75) is 31.8 Å². The molecule has 1 saturated carbocycles. The fourth-order valence-corrected chi connectivity index (χ4v) is 1.95. The molecule has 102 valence electrons. The van der Waals surface area contributed by atoms with E-state index in [1.807, 2.05) is 0 Å². The topological polar surface area (TPSA) is 67.1 Å². The molecule has 1 fully saturated rings. The summed E-state index contributed by atoms with van der Waals surface area (Å²) in [5.41, 5.74) is 6.09. The minimum absolute atomic E-state index is 0.0320. The molecule has 1 amide bonds. The second-order valence-corrected chi connectivity index (χ2v) is 5.12. The highest BCUT2D eigenvalue weighted by Gasteiger charge is 2.26. The lowest BCUT2D eigenvalue weighted by atomic mass is 10.1. The number of anilines is 1. The summed E-state index contributed by atoms with van der Waals surface area (Å²) in [5.74, 6) is -0.604. The second-order valence-electron chi connectivity index (χ2n) is 4.68. The van der Waals surface area contributed by atoms with Gasteiger partial charge < -0.3 is 16.4 Å². The van der Waals surface area contributed by atoms with Gasteiger partial charge in [-0.3, -0.25) is 4.79 Å². The quantitative estimate of drug-likeness (QED) is 0.716. The minimum atomic E-state index is -0.493. The van der Waals surface area contributed by atoms with E-state index in [1.165, 1.54) is 6.07 Å². The Morgan fingerprint density at radius 1 is 1.53 bits per heavy atom. The lowest BCUT2D eigenvalue weighted by molar-refractivity contribution is -0.121. The van der Waals surface area contributed by atoms with Crippen molar-refractivity contribution in [3.05, 3.63) is 29.6 Å². The average molecular weight is 281 g/mol. The summed E-state index contributed by atoms with van der Waals surface area (Å²) in [6, 6.07) is 4.30. The molecule has 1 aromatic carbocycles. The van der Waals surface area contributed by atoms with E-state index in [0.717, 1.165) is 12.8 Å². The molecule has 2 rings (SSSR count). The third-order valence-electron chi connectivity index (χ3n) is 2.95. The first-order valence-electron chi connectivity index (χ1n) is 6.14. The Morgan fingerprint density at radius 2 is 2.21 bits per heavy atom. The summed E-state index contributed by atoms with van der Waals surface area (Å²) in [4.78, 5) is 11.8. The summed E-state index contributed by atoms with van der Waals surface area (Å²) >= 11 is 4.83.